The minimum Gasteiger partial charge on any atom is -0.389 e. The van der Waals surface area contributed by atoms with E-state index in [0.717, 1.165) is 30.6 Å². The molecule has 0 saturated carbocycles. The van der Waals surface area contributed by atoms with Crippen molar-refractivity contribution in [3.8, 4) is 0 Å². The van der Waals surface area contributed by atoms with E-state index in [9.17, 15) is 0 Å². The predicted molar refractivity (Wildman–Crippen MR) is 80.1 cm³/mol. The smallest absolute Gasteiger partial charge is 0.136 e. The SMILES string of the molecule is CCC(C)(C)Nc1nc2c(cc1C(N)=S)CCC2. The van der Waals surface area contributed by atoms with E-state index in [-0.39, 0.29) is 5.54 Å². The maximum atomic E-state index is 5.82. The molecule has 98 valence electrons. The van der Waals surface area contributed by atoms with Gasteiger partial charge in [0, 0.05) is 11.2 Å². The Balaban J connectivity index is 2.42. The summed E-state index contributed by atoms with van der Waals surface area (Å²) < 4.78 is 0. The molecule has 0 spiro atoms. The summed E-state index contributed by atoms with van der Waals surface area (Å²) in [6.07, 6.45) is 4.35. The molecule has 18 heavy (non-hydrogen) atoms. The summed E-state index contributed by atoms with van der Waals surface area (Å²) in [5, 5.41) is 3.47. The van der Waals surface area contributed by atoms with Crippen LogP contribution in [-0.2, 0) is 12.8 Å². The number of rotatable bonds is 4. The summed E-state index contributed by atoms with van der Waals surface area (Å²) in [4.78, 5) is 5.15. The highest BCUT2D eigenvalue weighted by Crippen LogP contribution is 2.27. The molecule has 2 rings (SSSR count). The zero-order valence-corrected chi connectivity index (χ0v) is 12.2. The number of nitrogens with zero attached hydrogens (tertiary/aromatic N) is 1. The fourth-order valence-corrected chi connectivity index (χ4v) is 2.32. The predicted octanol–water partition coefficient (Wildman–Crippen LogP) is 2.81. The van der Waals surface area contributed by atoms with Crippen LogP contribution in [0.1, 0.15) is 50.4 Å². The molecule has 3 N–H and O–H groups in total. The van der Waals surface area contributed by atoms with E-state index in [1.165, 1.54) is 17.7 Å². The zero-order chi connectivity index (χ0) is 13.3. The van der Waals surface area contributed by atoms with Crippen LogP contribution in [0, 0.1) is 0 Å². The minimum atomic E-state index is -0.000621. The van der Waals surface area contributed by atoms with Gasteiger partial charge in [0.2, 0.25) is 0 Å². The Kier molecular flexibility index (Phi) is 3.57. The maximum absolute atomic E-state index is 5.82. The third-order valence-corrected chi connectivity index (χ3v) is 3.88. The fourth-order valence-electron chi connectivity index (χ4n) is 2.16. The highest BCUT2D eigenvalue weighted by molar-refractivity contribution is 7.80. The van der Waals surface area contributed by atoms with Gasteiger partial charge in [-0.2, -0.15) is 0 Å². The van der Waals surface area contributed by atoms with Crippen molar-refractivity contribution in [2.24, 2.45) is 5.73 Å². The number of fused-ring (bicyclic) bond motifs is 1. The van der Waals surface area contributed by atoms with Gasteiger partial charge >= 0.3 is 0 Å². The second-order valence-electron chi connectivity index (χ2n) is 5.57. The third kappa shape index (κ3) is 2.64. The van der Waals surface area contributed by atoms with Gasteiger partial charge in [-0.25, -0.2) is 4.98 Å². The van der Waals surface area contributed by atoms with Crippen LogP contribution in [0.3, 0.4) is 0 Å². The lowest BCUT2D eigenvalue weighted by molar-refractivity contribution is 0.544. The van der Waals surface area contributed by atoms with Crippen molar-refractivity contribution in [3.63, 3.8) is 0 Å². The first-order chi connectivity index (χ1) is 8.43. The highest BCUT2D eigenvalue weighted by atomic mass is 32.1. The monoisotopic (exact) mass is 263 g/mol. The number of nitrogens with two attached hydrogens (primary N) is 1. The van der Waals surface area contributed by atoms with Crippen molar-refractivity contribution < 1.29 is 0 Å². The van der Waals surface area contributed by atoms with Crippen molar-refractivity contribution in [1.82, 2.24) is 4.98 Å². The van der Waals surface area contributed by atoms with E-state index in [0.29, 0.717) is 4.99 Å². The summed E-state index contributed by atoms with van der Waals surface area (Å²) in [5.74, 6) is 0.843. The summed E-state index contributed by atoms with van der Waals surface area (Å²) in [7, 11) is 0. The molecule has 1 aromatic rings. The third-order valence-electron chi connectivity index (χ3n) is 3.66. The van der Waals surface area contributed by atoms with Crippen LogP contribution < -0.4 is 11.1 Å². The Morgan fingerprint density at radius 2 is 2.22 bits per heavy atom. The number of pyridine rings is 1. The zero-order valence-electron chi connectivity index (χ0n) is 11.3. The lowest BCUT2D eigenvalue weighted by Gasteiger charge is -2.27. The summed E-state index contributed by atoms with van der Waals surface area (Å²) in [5.41, 5.74) is 9.20. The van der Waals surface area contributed by atoms with Gasteiger partial charge in [-0.1, -0.05) is 19.1 Å². The van der Waals surface area contributed by atoms with Gasteiger partial charge in [-0.05, 0) is 51.2 Å². The second kappa shape index (κ2) is 4.84. The molecule has 1 aliphatic rings. The Labute approximate surface area is 114 Å². The molecule has 0 unspecified atom stereocenters. The molecule has 0 aromatic carbocycles. The van der Waals surface area contributed by atoms with Crippen molar-refractivity contribution in [3.05, 3.63) is 22.9 Å². The second-order valence-corrected chi connectivity index (χ2v) is 6.01. The normalized spacial score (nSPS) is 14.4. The van der Waals surface area contributed by atoms with Gasteiger partial charge in [0.15, 0.2) is 0 Å². The van der Waals surface area contributed by atoms with Crippen molar-refractivity contribution in [1.29, 1.82) is 0 Å². The number of thiocarbonyl (C=S) groups is 1. The van der Waals surface area contributed by atoms with Crippen LogP contribution in [0.5, 0.6) is 0 Å². The van der Waals surface area contributed by atoms with Crippen molar-refractivity contribution in [2.75, 3.05) is 5.32 Å². The number of nitrogens with one attached hydrogen (secondary N) is 1. The van der Waals surface area contributed by atoms with Crippen LogP contribution in [-0.4, -0.2) is 15.5 Å². The quantitative estimate of drug-likeness (QED) is 0.820. The molecular formula is C14H21N3S. The molecule has 1 aliphatic carbocycles. The van der Waals surface area contributed by atoms with E-state index in [4.69, 9.17) is 22.9 Å². The number of aromatic nitrogens is 1. The Morgan fingerprint density at radius 3 is 2.83 bits per heavy atom. The molecule has 1 aromatic heterocycles. The van der Waals surface area contributed by atoms with E-state index >= 15 is 0 Å². The van der Waals surface area contributed by atoms with Gasteiger partial charge in [0.25, 0.3) is 0 Å². The topological polar surface area (TPSA) is 50.9 Å². The fraction of sp³-hybridized carbons (Fsp3) is 0.571. The van der Waals surface area contributed by atoms with Gasteiger partial charge in [0.05, 0.1) is 5.56 Å². The van der Waals surface area contributed by atoms with E-state index in [2.05, 4.69) is 32.2 Å². The number of hydrogen-bond donors (Lipinski definition) is 2. The standard InChI is InChI=1S/C14H21N3S/c1-4-14(2,3)17-13-10(12(15)18)8-9-6-5-7-11(9)16-13/h8H,4-7H2,1-3H3,(H2,15,18)(H,16,17). The van der Waals surface area contributed by atoms with Gasteiger partial charge in [-0.3, -0.25) is 0 Å². The molecule has 1 heterocycles. The molecule has 0 atom stereocenters. The summed E-state index contributed by atoms with van der Waals surface area (Å²) in [6.45, 7) is 6.47. The first-order valence-electron chi connectivity index (χ1n) is 6.54. The first-order valence-corrected chi connectivity index (χ1v) is 6.94. The lowest BCUT2D eigenvalue weighted by atomic mass is 10.0. The van der Waals surface area contributed by atoms with E-state index in [1.807, 2.05) is 0 Å². The lowest BCUT2D eigenvalue weighted by Crippen LogP contribution is -2.32. The molecule has 3 nitrogen and oxygen atoms in total. The molecule has 0 saturated heterocycles. The molecule has 0 radical (unpaired) electrons. The Bertz CT molecular complexity index is 480. The van der Waals surface area contributed by atoms with Crippen LogP contribution in [0.2, 0.25) is 0 Å². The molecular weight excluding hydrogens is 242 g/mol. The van der Waals surface area contributed by atoms with Crippen LogP contribution in [0.4, 0.5) is 5.82 Å². The van der Waals surface area contributed by atoms with Crippen molar-refractivity contribution >= 4 is 23.0 Å². The minimum absolute atomic E-state index is 0.000621. The number of aryl methyl sites for hydroxylation is 2. The van der Waals surface area contributed by atoms with Crippen molar-refractivity contribution in [2.45, 2.75) is 52.0 Å². The average Bonchev–Trinajstić information content (AvgIpc) is 2.74. The van der Waals surface area contributed by atoms with Gasteiger partial charge in [0.1, 0.15) is 10.8 Å². The van der Waals surface area contributed by atoms with Crippen LogP contribution in [0.15, 0.2) is 6.07 Å². The van der Waals surface area contributed by atoms with E-state index < -0.39 is 0 Å². The highest BCUT2D eigenvalue weighted by Gasteiger charge is 2.21. The number of anilines is 1. The van der Waals surface area contributed by atoms with Crippen LogP contribution >= 0.6 is 12.2 Å². The summed E-state index contributed by atoms with van der Waals surface area (Å²) >= 11 is 5.14. The maximum Gasteiger partial charge on any atom is 0.136 e. The summed E-state index contributed by atoms with van der Waals surface area (Å²) in [6, 6.07) is 2.12. The Hall–Kier alpha value is -1.16. The van der Waals surface area contributed by atoms with E-state index in [1.54, 1.807) is 0 Å². The molecule has 0 aliphatic heterocycles. The van der Waals surface area contributed by atoms with Crippen LogP contribution in [0.25, 0.3) is 0 Å². The molecule has 0 bridgehead atoms. The van der Waals surface area contributed by atoms with Gasteiger partial charge in [-0.15, -0.1) is 0 Å². The number of hydrogen-bond acceptors (Lipinski definition) is 3. The van der Waals surface area contributed by atoms with Gasteiger partial charge < -0.3 is 11.1 Å². The molecule has 0 amide bonds. The largest absolute Gasteiger partial charge is 0.389 e. The molecule has 0 fully saturated rings. The Morgan fingerprint density at radius 1 is 1.50 bits per heavy atom. The average molecular weight is 263 g/mol. The molecule has 4 heteroatoms. The first kappa shape index (κ1) is 13.3.